The maximum absolute atomic E-state index is 10.2. The molecule has 0 aliphatic carbocycles. The van der Waals surface area contributed by atoms with Crippen LogP contribution in [0.3, 0.4) is 0 Å². The zero-order valence-electron chi connectivity index (χ0n) is 20.4. The van der Waals surface area contributed by atoms with Crippen LogP contribution in [0.4, 0.5) is 11.6 Å². The molecular formula is C28H32N4O4. The third-order valence-corrected chi connectivity index (χ3v) is 6.27. The molecule has 0 unspecified atom stereocenters. The number of nitrogens with one attached hydrogen (secondary N) is 1. The van der Waals surface area contributed by atoms with E-state index in [0.717, 1.165) is 47.9 Å². The fraction of sp³-hybridized carbons (Fsp3) is 0.357. The van der Waals surface area contributed by atoms with Gasteiger partial charge in [0.15, 0.2) is 11.5 Å². The van der Waals surface area contributed by atoms with Crippen molar-refractivity contribution in [2.24, 2.45) is 0 Å². The molecule has 1 aromatic heterocycles. The number of ether oxygens (including phenoxy) is 3. The third-order valence-electron chi connectivity index (χ3n) is 6.27. The van der Waals surface area contributed by atoms with Gasteiger partial charge >= 0.3 is 0 Å². The first kappa shape index (κ1) is 24.1. The Hall–Kier alpha value is -3.62. The quantitative estimate of drug-likeness (QED) is 0.500. The number of hydrogen-bond donors (Lipinski definition) is 2. The SMILES string of the molecule is Oc1ccc2cc1OCC/C=C\COCc1cc(ccc1OCCN1CCCC1)Nc1nccc-2n1. The van der Waals surface area contributed by atoms with Crippen molar-refractivity contribution in [2.75, 3.05) is 44.8 Å². The lowest BCUT2D eigenvalue weighted by atomic mass is 10.1. The molecule has 8 nitrogen and oxygen atoms in total. The normalized spacial score (nSPS) is 17.3. The first-order valence-electron chi connectivity index (χ1n) is 12.5. The lowest BCUT2D eigenvalue weighted by Crippen LogP contribution is -2.25. The number of likely N-dealkylation sites (tertiary alicyclic amines) is 1. The summed E-state index contributed by atoms with van der Waals surface area (Å²) in [6, 6.07) is 13.0. The molecule has 0 amide bonds. The number of aromatic hydroxyl groups is 1. The van der Waals surface area contributed by atoms with Gasteiger partial charge in [0, 0.05) is 29.6 Å². The van der Waals surface area contributed by atoms with Gasteiger partial charge in [-0.3, -0.25) is 4.90 Å². The van der Waals surface area contributed by atoms with E-state index in [0.29, 0.717) is 44.5 Å². The Bertz CT molecular complexity index is 1190. The Morgan fingerprint density at radius 2 is 1.97 bits per heavy atom. The number of phenols is 1. The van der Waals surface area contributed by atoms with Gasteiger partial charge in [0.1, 0.15) is 12.4 Å². The second-order valence-corrected chi connectivity index (χ2v) is 8.92. The van der Waals surface area contributed by atoms with Crippen molar-refractivity contribution >= 4 is 11.6 Å². The highest BCUT2D eigenvalue weighted by Crippen LogP contribution is 2.32. The topological polar surface area (TPSA) is 89.0 Å². The molecule has 2 N–H and O–H groups in total. The van der Waals surface area contributed by atoms with Crippen LogP contribution in [-0.2, 0) is 11.3 Å². The van der Waals surface area contributed by atoms with Crippen LogP contribution in [-0.4, -0.2) is 59.4 Å². The highest BCUT2D eigenvalue weighted by Gasteiger charge is 2.13. The Morgan fingerprint density at radius 3 is 2.89 bits per heavy atom. The maximum atomic E-state index is 10.2. The van der Waals surface area contributed by atoms with Gasteiger partial charge in [0.25, 0.3) is 0 Å². The molecule has 3 aromatic rings. The monoisotopic (exact) mass is 488 g/mol. The first-order chi connectivity index (χ1) is 17.7. The number of phenolic OH excluding ortho intramolecular Hbond substituents is 1. The van der Waals surface area contributed by atoms with Crippen LogP contribution < -0.4 is 14.8 Å². The molecular weight excluding hydrogens is 456 g/mol. The van der Waals surface area contributed by atoms with Crippen molar-refractivity contribution in [3.63, 3.8) is 0 Å². The molecule has 2 aliphatic rings. The van der Waals surface area contributed by atoms with Gasteiger partial charge in [-0.1, -0.05) is 12.2 Å². The molecule has 3 heterocycles. The largest absolute Gasteiger partial charge is 0.504 e. The Kier molecular flexibility index (Phi) is 7.95. The van der Waals surface area contributed by atoms with Crippen LogP contribution >= 0.6 is 0 Å². The smallest absolute Gasteiger partial charge is 0.227 e. The predicted octanol–water partition coefficient (Wildman–Crippen LogP) is 4.92. The average Bonchev–Trinajstić information content (AvgIpc) is 3.41. The first-order valence-corrected chi connectivity index (χ1v) is 12.5. The minimum absolute atomic E-state index is 0.100. The van der Waals surface area contributed by atoms with E-state index in [1.165, 1.54) is 12.8 Å². The number of benzene rings is 2. The minimum atomic E-state index is 0.100. The number of rotatable bonds is 4. The summed E-state index contributed by atoms with van der Waals surface area (Å²) in [5, 5.41) is 13.5. The summed E-state index contributed by atoms with van der Waals surface area (Å²) < 4.78 is 17.9. The van der Waals surface area contributed by atoms with E-state index in [2.05, 4.69) is 20.2 Å². The van der Waals surface area contributed by atoms with Crippen molar-refractivity contribution in [2.45, 2.75) is 25.9 Å². The molecule has 1 fully saturated rings. The lowest BCUT2D eigenvalue weighted by Gasteiger charge is -2.17. The van der Waals surface area contributed by atoms with Gasteiger partial charge in [-0.15, -0.1) is 0 Å². The van der Waals surface area contributed by atoms with Crippen molar-refractivity contribution < 1.29 is 19.3 Å². The van der Waals surface area contributed by atoms with Gasteiger partial charge in [0.2, 0.25) is 5.95 Å². The number of anilines is 2. The van der Waals surface area contributed by atoms with E-state index in [9.17, 15) is 5.11 Å². The second kappa shape index (κ2) is 11.9. The summed E-state index contributed by atoms with van der Waals surface area (Å²) >= 11 is 0. The Balaban J connectivity index is 1.38. The van der Waals surface area contributed by atoms with E-state index < -0.39 is 0 Å². The number of fused-ring (bicyclic) bond motifs is 7. The average molecular weight is 489 g/mol. The molecule has 1 saturated heterocycles. The van der Waals surface area contributed by atoms with Gasteiger partial charge in [0.05, 0.1) is 25.5 Å². The van der Waals surface area contributed by atoms with Crippen LogP contribution in [0.1, 0.15) is 24.8 Å². The number of aromatic nitrogens is 2. The summed E-state index contributed by atoms with van der Waals surface area (Å²) in [4.78, 5) is 11.5. The third kappa shape index (κ3) is 6.33. The molecule has 0 saturated carbocycles. The molecule has 2 aromatic carbocycles. The van der Waals surface area contributed by atoms with Crippen LogP contribution in [0.25, 0.3) is 11.3 Å². The zero-order chi connectivity index (χ0) is 24.6. The molecule has 36 heavy (non-hydrogen) atoms. The molecule has 6 bridgehead atoms. The second-order valence-electron chi connectivity index (χ2n) is 8.92. The van der Waals surface area contributed by atoms with E-state index in [4.69, 9.17) is 14.2 Å². The molecule has 188 valence electrons. The molecule has 5 rings (SSSR count). The van der Waals surface area contributed by atoms with Gasteiger partial charge in [-0.05, 0) is 74.8 Å². The van der Waals surface area contributed by atoms with Crippen molar-refractivity contribution in [3.05, 3.63) is 66.4 Å². The van der Waals surface area contributed by atoms with Crippen LogP contribution in [0.5, 0.6) is 17.2 Å². The van der Waals surface area contributed by atoms with Crippen molar-refractivity contribution in [1.82, 2.24) is 14.9 Å². The van der Waals surface area contributed by atoms with Crippen LogP contribution in [0.2, 0.25) is 0 Å². The van der Waals surface area contributed by atoms with Gasteiger partial charge in [-0.25, -0.2) is 9.97 Å². The lowest BCUT2D eigenvalue weighted by molar-refractivity contribution is 0.144. The fourth-order valence-electron chi connectivity index (χ4n) is 4.36. The number of nitrogens with zero attached hydrogens (tertiary/aromatic N) is 3. The Morgan fingerprint density at radius 1 is 1.06 bits per heavy atom. The summed E-state index contributed by atoms with van der Waals surface area (Å²) in [7, 11) is 0. The molecule has 2 aliphatic heterocycles. The van der Waals surface area contributed by atoms with E-state index >= 15 is 0 Å². The van der Waals surface area contributed by atoms with Gasteiger partial charge in [-0.2, -0.15) is 0 Å². The van der Waals surface area contributed by atoms with Crippen LogP contribution in [0, 0.1) is 0 Å². The fourth-order valence-corrected chi connectivity index (χ4v) is 4.36. The molecule has 0 atom stereocenters. The summed E-state index contributed by atoms with van der Waals surface area (Å²) in [6.45, 7) is 5.25. The van der Waals surface area contributed by atoms with E-state index in [1.807, 2.05) is 42.5 Å². The highest BCUT2D eigenvalue weighted by atomic mass is 16.5. The standard InChI is InChI=1S/C28H32N4O4/c33-25-8-6-21-19-27(25)35-16-5-1-4-15-34-20-22-18-23(30-28-29-11-10-24(21)31-28)7-9-26(22)36-17-14-32-12-2-3-13-32/h1,4,6-11,18-19,33H,2-3,5,12-17,20H2,(H,29,30,31)/b4-1-. The van der Waals surface area contributed by atoms with E-state index in [-0.39, 0.29) is 5.75 Å². The summed E-state index contributed by atoms with van der Waals surface area (Å²) in [5.41, 5.74) is 3.38. The van der Waals surface area contributed by atoms with Crippen molar-refractivity contribution in [1.29, 1.82) is 0 Å². The minimum Gasteiger partial charge on any atom is -0.504 e. The highest BCUT2D eigenvalue weighted by molar-refractivity contribution is 5.66. The van der Waals surface area contributed by atoms with Gasteiger partial charge < -0.3 is 24.6 Å². The zero-order valence-corrected chi connectivity index (χ0v) is 20.4. The maximum Gasteiger partial charge on any atom is 0.227 e. The molecule has 8 heteroatoms. The summed E-state index contributed by atoms with van der Waals surface area (Å²) in [5.74, 6) is 1.83. The molecule has 0 radical (unpaired) electrons. The Labute approximate surface area is 211 Å². The summed E-state index contributed by atoms with van der Waals surface area (Å²) in [6.07, 6.45) is 8.96. The van der Waals surface area contributed by atoms with Crippen LogP contribution in [0.15, 0.2) is 60.8 Å². The molecule has 0 spiro atoms. The van der Waals surface area contributed by atoms with E-state index in [1.54, 1.807) is 18.3 Å². The predicted molar refractivity (Wildman–Crippen MR) is 139 cm³/mol. The van der Waals surface area contributed by atoms with Crippen molar-refractivity contribution in [3.8, 4) is 28.5 Å². The number of hydrogen-bond acceptors (Lipinski definition) is 8.